The molecule has 0 heterocycles. The largest absolute Gasteiger partial charge is 0.496 e. The molecular weight excluding hydrogens is 428 g/mol. The topological polar surface area (TPSA) is 64.4 Å². The van der Waals surface area contributed by atoms with Crippen LogP contribution in [0.4, 0.5) is 0 Å². The van der Waals surface area contributed by atoms with Crippen molar-refractivity contribution in [2.45, 2.75) is 108 Å². The van der Waals surface area contributed by atoms with E-state index >= 15 is 0 Å². The second-order valence-electron chi connectivity index (χ2n) is 8.73. The second kappa shape index (κ2) is 21.1. The smallest absolute Gasteiger partial charge is 0.220 e. The molecule has 5 heteroatoms. The summed E-state index contributed by atoms with van der Waals surface area (Å²) in [6.07, 6.45) is 21.9. The van der Waals surface area contributed by atoms with E-state index in [1.807, 2.05) is 18.2 Å². The highest BCUT2D eigenvalue weighted by molar-refractivity contribution is 7.99. The van der Waals surface area contributed by atoms with Gasteiger partial charge in [0.2, 0.25) is 5.91 Å². The zero-order valence-corrected chi connectivity index (χ0v) is 22.0. The van der Waals surface area contributed by atoms with Crippen LogP contribution in [0, 0.1) is 0 Å². The number of rotatable bonds is 21. The Morgan fingerprint density at radius 3 is 2.24 bits per heavy atom. The number of thioether (sulfide) groups is 1. The molecular formula is C28H48N2O2S. The van der Waals surface area contributed by atoms with Crippen LogP contribution in [-0.2, 0) is 11.3 Å². The SMILES string of the molecule is CCCCCCCC/C=C\CCCCCCCC(=O)NCc1ccc(SCCN)c(OC)c1. The number of unbranched alkanes of at least 4 members (excludes halogenated alkanes) is 11. The molecule has 0 fully saturated rings. The minimum atomic E-state index is 0.133. The fourth-order valence-electron chi connectivity index (χ4n) is 3.76. The molecule has 0 atom stereocenters. The lowest BCUT2D eigenvalue weighted by atomic mass is 10.1. The van der Waals surface area contributed by atoms with E-state index in [9.17, 15) is 4.79 Å². The van der Waals surface area contributed by atoms with E-state index in [1.165, 1.54) is 70.6 Å². The highest BCUT2D eigenvalue weighted by Gasteiger charge is 2.06. The van der Waals surface area contributed by atoms with Crippen LogP contribution in [0.15, 0.2) is 35.2 Å². The van der Waals surface area contributed by atoms with E-state index in [2.05, 4.69) is 24.4 Å². The summed E-state index contributed by atoms with van der Waals surface area (Å²) in [5, 5.41) is 3.03. The summed E-state index contributed by atoms with van der Waals surface area (Å²) in [7, 11) is 1.68. The number of ether oxygens (including phenoxy) is 1. The molecule has 0 aliphatic carbocycles. The Bertz CT molecular complexity index is 649. The molecule has 0 aliphatic rings. The van der Waals surface area contributed by atoms with Gasteiger partial charge >= 0.3 is 0 Å². The molecule has 1 amide bonds. The van der Waals surface area contributed by atoms with Gasteiger partial charge in [0.05, 0.1) is 7.11 Å². The van der Waals surface area contributed by atoms with Crippen molar-refractivity contribution < 1.29 is 9.53 Å². The third kappa shape index (κ3) is 15.9. The maximum Gasteiger partial charge on any atom is 0.220 e. The highest BCUT2D eigenvalue weighted by atomic mass is 32.2. The average Bonchev–Trinajstić information content (AvgIpc) is 2.84. The number of hydrogen-bond acceptors (Lipinski definition) is 4. The monoisotopic (exact) mass is 476 g/mol. The fraction of sp³-hybridized carbons (Fsp3) is 0.679. The van der Waals surface area contributed by atoms with Crippen LogP contribution in [0.3, 0.4) is 0 Å². The molecule has 3 N–H and O–H groups in total. The van der Waals surface area contributed by atoms with Gasteiger partial charge in [-0.3, -0.25) is 4.79 Å². The quantitative estimate of drug-likeness (QED) is 0.110. The molecule has 0 aromatic heterocycles. The lowest BCUT2D eigenvalue weighted by Crippen LogP contribution is -2.22. The Balaban J connectivity index is 2.01. The van der Waals surface area contributed by atoms with Crippen molar-refractivity contribution in [1.29, 1.82) is 0 Å². The number of carbonyl (C=O) groups is 1. The first kappa shape index (κ1) is 29.6. The van der Waals surface area contributed by atoms with Crippen molar-refractivity contribution >= 4 is 17.7 Å². The van der Waals surface area contributed by atoms with Gasteiger partial charge in [-0.2, -0.15) is 0 Å². The van der Waals surface area contributed by atoms with Gasteiger partial charge in [0, 0.05) is 30.2 Å². The van der Waals surface area contributed by atoms with E-state index in [-0.39, 0.29) is 5.91 Å². The number of allylic oxidation sites excluding steroid dienone is 2. The molecule has 1 aromatic rings. The van der Waals surface area contributed by atoms with Gasteiger partial charge < -0.3 is 15.8 Å². The molecule has 1 aromatic carbocycles. The zero-order chi connectivity index (χ0) is 24.0. The Kier molecular flexibility index (Phi) is 18.9. The maximum absolute atomic E-state index is 12.1. The number of benzene rings is 1. The van der Waals surface area contributed by atoms with Crippen molar-refractivity contribution in [3.8, 4) is 5.75 Å². The fourth-order valence-corrected chi connectivity index (χ4v) is 4.54. The van der Waals surface area contributed by atoms with E-state index in [4.69, 9.17) is 10.5 Å². The maximum atomic E-state index is 12.1. The Morgan fingerprint density at radius 1 is 0.970 bits per heavy atom. The molecule has 0 unspecified atom stereocenters. The first-order chi connectivity index (χ1) is 16.2. The molecule has 0 aliphatic heterocycles. The van der Waals surface area contributed by atoms with Gasteiger partial charge in [0.25, 0.3) is 0 Å². The number of methoxy groups -OCH3 is 1. The first-order valence-electron chi connectivity index (χ1n) is 13.1. The van der Waals surface area contributed by atoms with Gasteiger partial charge in [-0.25, -0.2) is 0 Å². The van der Waals surface area contributed by atoms with Crippen molar-refractivity contribution in [2.75, 3.05) is 19.4 Å². The van der Waals surface area contributed by atoms with Crippen LogP contribution in [0.1, 0.15) is 102 Å². The van der Waals surface area contributed by atoms with Crippen LogP contribution in [0.25, 0.3) is 0 Å². The highest BCUT2D eigenvalue weighted by Crippen LogP contribution is 2.29. The van der Waals surface area contributed by atoms with Crippen LogP contribution >= 0.6 is 11.8 Å². The summed E-state index contributed by atoms with van der Waals surface area (Å²) >= 11 is 1.69. The zero-order valence-electron chi connectivity index (χ0n) is 21.2. The second-order valence-corrected chi connectivity index (χ2v) is 9.87. The molecule has 0 saturated heterocycles. The van der Waals surface area contributed by atoms with E-state index in [1.54, 1.807) is 18.9 Å². The average molecular weight is 477 g/mol. The van der Waals surface area contributed by atoms with Gasteiger partial charge in [0.1, 0.15) is 5.75 Å². The normalized spacial score (nSPS) is 11.2. The summed E-state index contributed by atoms with van der Waals surface area (Å²) in [4.78, 5) is 13.2. The van der Waals surface area contributed by atoms with Gasteiger partial charge in [-0.1, -0.05) is 76.5 Å². The number of carbonyl (C=O) groups excluding carboxylic acids is 1. The van der Waals surface area contributed by atoms with Crippen molar-refractivity contribution in [3.63, 3.8) is 0 Å². The van der Waals surface area contributed by atoms with Gasteiger partial charge in [-0.15, -0.1) is 11.8 Å². The van der Waals surface area contributed by atoms with Gasteiger partial charge in [-0.05, 0) is 49.8 Å². The van der Waals surface area contributed by atoms with Crippen LogP contribution in [0.2, 0.25) is 0 Å². The minimum Gasteiger partial charge on any atom is -0.496 e. The van der Waals surface area contributed by atoms with E-state index in [0.717, 1.165) is 34.8 Å². The Hall–Kier alpha value is -1.46. The summed E-state index contributed by atoms with van der Waals surface area (Å²) in [5.74, 6) is 1.84. The Labute approximate surface area is 207 Å². The van der Waals surface area contributed by atoms with Crippen molar-refractivity contribution in [1.82, 2.24) is 5.32 Å². The lowest BCUT2D eigenvalue weighted by Gasteiger charge is -2.11. The first-order valence-corrected chi connectivity index (χ1v) is 14.1. The molecule has 1 rings (SSSR count). The number of nitrogens with two attached hydrogens (primary N) is 1. The predicted octanol–water partition coefficient (Wildman–Crippen LogP) is 7.40. The molecule has 0 radical (unpaired) electrons. The summed E-state index contributed by atoms with van der Waals surface area (Å²) in [6, 6.07) is 6.09. The molecule has 188 valence electrons. The van der Waals surface area contributed by atoms with E-state index < -0.39 is 0 Å². The summed E-state index contributed by atoms with van der Waals surface area (Å²) < 4.78 is 5.47. The number of nitrogens with one attached hydrogen (secondary N) is 1. The molecule has 0 spiro atoms. The van der Waals surface area contributed by atoms with Crippen molar-refractivity contribution in [3.05, 3.63) is 35.9 Å². The Morgan fingerprint density at radius 2 is 1.61 bits per heavy atom. The molecule has 33 heavy (non-hydrogen) atoms. The van der Waals surface area contributed by atoms with Crippen LogP contribution in [0.5, 0.6) is 5.75 Å². The third-order valence-electron chi connectivity index (χ3n) is 5.76. The van der Waals surface area contributed by atoms with E-state index in [0.29, 0.717) is 19.5 Å². The molecule has 0 saturated carbocycles. The standard InChI is InChI=1S/C28H48N2O2S/c1-3-4-5-6-7-8-9-10-11-12-13-14-15-16-17-18-28(31)30-24-25-19-20-27(33-22-21-29)26(23-25)32-2/h10-11,19-20,23H,3-9,12-18,21-22,24,29H2,1-2H3,(H,30,31)/b11-10-. The number of hydrogen-bond donors (Lipinski definition) is 2. The summed E-state index contributed by atoms with van der Waals surface area (Å²) in [6.45, 7) is 3.45. The molecule has 4 nitrogen and oxygen atoms in total. The lowest BCUT2D eigenvalue weighted by molar-refractivity contribution is -0.121. The summed E-state index contributed by atoms with van der Waals surface area (Å²) in [5.41, 5.74) is 6.64. The van der Waals surface area contributed by atoms with Crippen LogP contribution in [-0.4, -0.2) is 25.3 Å². The third-order valence-corrected chi connectivity index (χ3v) is 6.85. The van der Waals surface area contributed by atoms with Crippen molar-refractivity contribution in [2.24, 2.45) is 5.73 Å². The van der Waals surface area contributed by atoms with Gasteiger partial charge in [0.15, 0.2) is 0 Å². The number of amides is 1. The van der Waals surface area contributed by atoms with Crippen LogP contribution < -0.4 is 15.8 Å². The predicted molar refractivity (Wildman–Crippen MR) is 144 cm³/mol. The minimum absolute atomic E-state index is 0.133. The molecule has 0 bridgehead atoms.